The highest BCUT2D eigenvalue weighted by molar-refractivity contribution is 9.10. The number of rotatable bonds is 8. The number of carbonyl (C=O) groups excluding carboxylic acids is 2. The topological polar surface area (TPSA) is 80.2 Å². The number of anilines is 1. The summed E-state index contributed by atoms with van der Waals surface area (Å²) in [5.41, 5.74) is 2.07. The summed E-state index contributed by atoms with van der Waals surface area (Å²) in [7, 11) is 3.14. The summed E-state index contributed by atoms with van der Waals surface area (Å²) < 4.78 is 25.0. The Morgan fingerprint density at radius 3 is 2.46 bits per heavy atom. The minimum absolute atomic E-state index is 0.0292. The average molecular weight is 586 g/mol. The zero-order chi connectivity index (χ0) is 26.4. The molecule has 4 rings (SSSR count). The lowest BCUT2D eigenvalue weighted by molar-refractivity contribution is -0.129. The molecule has 0 aromatic heterocycles. The minimum atomic E-state index is -0.660. The Kier molecular flexibility index (Phi) is 8.83. The Labute approximate surface area is 227 Å². The van der Waals surface area contributed by atoms with E-state index in [9.17, 15) is 14.0 Å². The molecule has 192 valence electrons. The van der Waals surface area contributed by atoms with E-state index in [1.165, 1.54) is 36.0 Å². The largest absolute Gasteiger partial charge is 0.493 e. The molecule has 1 saturated heterocycles. The Morgan fingerprint density at radius 1 is 1.08 bits per heavy atom. The van der Waals surface area contributed by atoms with Gasteiger partial charge in [0.2, 0.25) is 11.8 Å². The van der Waals surface area contributed by atoms with Crippen LogP contribution in [0.1, 0.15) is 12.0 Å². The van der Waals surface area contributed by atoms with Crippen molar-refractivity contribution in [2.45, 2.75) is 18.1 Å². The second-order valence-electron chi connectivity index (χ2n) is 8.16. The Morgan fingerprint density at radius 2 is 1.78 bits per heavy atom. The second-order valence-corrected chi connectivity index (χ2v) is 10.2. The van der Waals surface area contributed by atoms with E-state index in [0.717, 1.165) is 10.0 Å². The van der Waals surface area contributed by atoms with E-state index in [0.29, 0.717) is 41.0 Å². The van der Waals surface area contributed by atoms with Gasteiger partial charge in [0.1, 0.15) is 11.1 Å². The van der Waals surface area contributed by atoms with E-state index in [2.05, 4.69) is 26.2 Å². The van der Waals surface area contributed by atoms with Gasteiger partial charge in [0, 0.05) is 23.1 Å². The quantitative estimate of drug-likeness (QED) is 0.361. The summed E-state index contributed by atoms with van der Waals surface area (Å²) in [4.78, 5) is 32.4. The normalized spacial score (nSPS) is 16.5. The van der Waals surface area contributed by atoms with Crippen LogP contribution in [0.3, 0.4) is 0 Å². The Balaban J connectivity index is 1.55. The molecule has 1 heterocycles. The fourth-order valence-electron chi connectivity index (χ4n) is 3.72. The van der Waals surface area contributed by atoms with Crippen molar-refractivity contribution < 1.29 is 23.5 Å². The fraction of sp³-hybridized carbons (Fsp3) is 0.222. The van der Waals surface area contributed by atoms with Gasteiger partial charge in [-0.15, -0.1) is 0 Å². The van der Waals surface area contributed by atoms with E-state index in [1.807, 2.05) is 30.3 Å². The van der Waals surface area contributed by atoms with Gasteiger partial charge in [-0.2, -0.15) is 0 Å². The summed E-state index contributed by atoms with van der Waals surface area (Å²) in [6.45, 7) is 0.350. The molecule has 1 fully saturated rings. The number of hydrogen-bond acceptors (Lipinski definition) is 6. The van der Waals surface area contributed by atoms with E-state index < -0.39 is 5.25 Å². The molecule has 0 saturated carbocycles. The number of hydrogen-bond donors (Lipinski definition) is 1. The molecule has 1 atom stereocenters. The van der Waals surface area contributed by atoms with Gasteiger partial charge < -0.3 is 14.8 Å². The molecular weight excluding hydrogens is 561 g/mol. The molecule has 1 N–H and O–H groups in total. The van der Waals surface area contributed by atoms with Gasteiger partial charge in [0.25, 0.3) is 0 Å². The van der Waals surface area contributed by atoms with Crippen LogP contribution in [-0.4, -0.2) is 47.9 Å². The standard InChI is InChI=1S/C27H25BrFN3O4S/c1-35-22-12-3-17(15-23(22)36-2)13-14-32-25(33)16-24(26(34)30-20-8-4-18(28)5-9-20)37-27(32)31-21-10-6-19(29)7-11-21/h3-12,15,24H,13-14,16H2,1-2H3,(H,30,34). The molecule has 7 nitrogen and oxygen atoms in total. The van der Waals surface area contributed by atoms with Crippen LogP contribution in [0.4, 0.5) is 15.8 Å². The maximum absolute atomic E-state index is 13.4. The van der Waals surface area contributed by atoms with E-state index >= 15 is 0 Å². The molecule has 0 spiro atoms. The van der Waals surface area contributed by atoms with Crippen molar-refractivity contribution in [2.24, 2.45) is 4.99 Å². The number of ether oxygens (including phenoxy) is 2. The lowest BCUT2D eigenvalue weighted by atomic mass is 10.1. The van der Waals surface area contributed by atoms with Crippen LogP contribution in [0, 0.1) is 5.82 Å². The highest BCUT2D eigenvalue weighted by atomic mass is 79.9. The van der Waals surface area contributed by atoms with Gasteiger partial charge in [-0.05, 0) is 72.6 Å². The highest BCUT2D eigenvalue weighted by Crippen LogP contribution is 2.31. The maximum Gasteiger partial charge on any atom is 0.238 e. The van der Waals surface area contributed by atoms with Gasteiger partial charge in [0.15, 0.2) is 16.7 Å². The third-order valence-electron chi connectivity index (χ3n) is 5.67. The molecule has 1 unspecified atom stereocenters. The molecule has 0 radical (unpaired) electrons. The number of amidine groups is 1. The Hall–Kier alpha value is -3.37. The van der Waals surface area contributed by atoms with Crippen molar-refractivity contribution in [3.8, 4) is 11.5 Å². The maximum atomic E-state index is 13.4. The van der Waals surface area contributed by atoms with Crippen LogP contribution in [0.2, 0.25) is 0 Å². The summed E-state index contributed by atoms with van der Waals surface area (Å²) in [5, 5.41) is 2.59. The minimum Gasteiger partial charge on any atom is -0.493 e. The van der Waals surface area contributed by atoms with Crippen LogP contribution < -0.4 is 14.8 Å². The molecule has 0 aliphatic carbocycles. The first-order chi connectivity index (χ1) is 17.9. The third-order valence-corrected chi connectivity index (χ3v) is 7.38. The lowest BCUT2D eigenvalue weighted by Gasteiger charge is -2.32. The number of amides is 2. The number of nitrogens with zero attached hydrogens (tertiary/aromatic N) is 2. The van der Waals surface area contributed by atoms with Crippen molar-refractivity contribution in [3.63, 3.8) is 0 Å². The SMILES string of the molecule is COc1ccc(CCN2C(=O)CC(C(=O)Nc3ccc(Br)cc3)SC2=Nc2ccc(F)cc2)cc1OC. The van der Waals surface area contributed by atoms with Crippen LogP contribution in [0.15, 0.2) is 76.2 Å². The van der Waals surface area contributed by atoms with Gasteiger partial charge in [-0.25, -0.2) is 9.38 Å². The summed E-state index contributed by atoms with van der Waals surface area (Å²) in [6.07, 6.45) is 0.562. The predicted octanol–water partition coefficient (Wildman–Crippen LogP) is 5.81. The zero-order valence-electron chi connectivity index (χ0n) is 20.2. The number of halogens is 2. The smallest absolute Gasteiger partial charge is 0.238 e. The Bertz CT molecular complexity index is 1300. The van der Waals surface area contributed by atoms with E-state index in [-0.39, 0.29) is 24.1 Å². The molecule has 3 aromatic rings. The monoisotopic (exact) mass is 585 g/mol. The molecule has 1 aliphatic heterocycles. The lowest BCUT2D eigenvalue weighted by Crippen LogP contribution is -2.46. The number of thioether (sulfide) groups is 1. The fourth-order valence-corrected chi connectivity index (χ4v) is 5.11. The van der Waals surface area contributed by atoms with E-state index in [4.69, 9.17) is 9.47 Å². The molecule has 0 bridgehead atoms. The summed E-state index contributed by atoms with van der Waals surface area (Å²) in [6, 6.07) is 18.5. The van der Waals surface area contributed by atoms with Crippen LogP contribution in [0.25, 0.3) is 0 Å². The second kappa shape index (κ2) is 12.2. The summed E-state index contributed by atoms with van der Waals surface area (Å²) in [5.74, 6) is 0.342. The zero-order valence-corrected chi connectivity index (χ0v) is 22.6. The average Bonchev–Trinajstić information content (AvgIpc) is 2.90. The number of carbonyl (C=O) groups is 2. The van der Waals surface area contributed by atoms with Crippen LogP contribution in [-0.2, 0) is 16.0 Å². The molecule has 1 aliphatic rings. The first-order valence-electron chi connectivity index (χ1n) is 11.4. The third kappa shape index (κ3) is 6.90. The van der Waals surface area contributed by atoms with Crippen molar-refractivity contribution in [2.75, 3.05) is 26.1 Å². The number of benzene rings is 3. The van der Waals surface area contributed by atoms with Gasteiger partial charge in [-0.3, -0.25) is 14.5 Å². The van der Waals surface area contributed by atoms with Crippen LogP contribution in [0.5, 0.6) is 11.5 Å². The first kappa shape index (κ1) is 26.7. The number of methoxy groups -OCH3 is 2. The molecule has 37 heavy (non-hydrogen) atoms. The van der Waals surface area contributed by atoms with Gasteiger partial charge >= 0.3 is 0 Å². The van der Waals surface area contributed by atoms with Gasteiger partial charge in [-0.1, -0.05) is 33.8 Å². The molecule has 3 aromatic carbocycles. The van der Waals surface area contributed by atoms with E-state index in [1.54, 1.807) is 31.3 Å². The number of nitrogens with one attached hydrogen (secondary N) is 1. The predicted molar refractivity (Wildman–Crippen MR) is 147 cm³/mol. The van der Waals surface area contributed by atoms with Crippen molar-refractivity contribution >= 4 is 56.0 Å². The van der Waals surface area contributed by atoms with Crippen molar-refractivity contribution in [1.82, 2.24) is 4.90 Å². The molecular formula is C27H25BrFN3O4S. The number of aliphatic imine (C=N–C) groups is 1. The van der Waals surface area contributed by atoms with Crippen LogP contribution >= 0.6 is 27.7 Å². The first-order valence-corrected chi connectivity index (χ1v) is 13.1. The van der Waals surface area contributed by atoms with Crippen molar-refractivity contribution in [1.29, 1.82) is 0 Å². The van der Waals surface area contributed by atoms with Crippen molar-refractivity contribution in [3.05, 3.63) is 82.6 Å². The highest BCUT2D eigenvalue weighted by Gasteiger charge is 2.35. The summed E-state index contributed by atoms with van der Waals surface area (Å²) >= 11 is 4.59. The van der Waals surface area contributed by atoms with Gasteiger partial charge in [0.05, 0.1) is 19.9 Å². The molecule has 2 amide bonds. The molecule has 10 heteroatoms.